The van der Waals surface area contributed by atoms with Gasteiger partial charge in [-0.1, -0.05) is 12.8 Å². The fourth-order valence-electron chi connectivity index (χ4n) is 2.17. The molecule has 1 rings (SSSR count). The second-order valence-electron chi connectivity index (χ2n) is 4.58. The Kier molecular flexibility index (Phi) is 6.96. The van der Waals surface area contributed by atoms with Crippen molar-refractivity contribution in [1.29, 1.82) is 0 Å². The lowest BCUT2D eigenvalue weighted by Crippen LogP contribution is -2.38. The Bertz CT molecular complexity index is 178. The van der Waals surface area contributed by atoms with Gasteiger partial charge < -0.3 is 20.3 Å². The number of ether oxygens (including phenoxy) is 1. The highest BCUT2D eigenvalue weighted by atomic mass is 16.5. The molecule has 3 N–H and O–H groups in total. The van der Waals surface area contributed by atoms with Crippen molar-refractivity contribution >= 4 is 0 Å². The van der Waals surface area contributed by atoms with Crippen LogP contribution in [0.3, 0.4) is 0 Å². The summed E-state index contributed by atoms with van der Waals surface area (Å²) in [5.41, 5.74) is 0. The van der Waals surface area contributed by atoms with Crippen LogP contribution in [0, 0.1) is 5.92 Å². The van der Waals surface area contributed by atoms with Gasteiger partial charge in [0.25, 0.3) is 0 Å². The van der Waals surface area contributed by atoms with Gasteiger partial charge in [-0.25, -0.2) is 0 Å². The highest BCUT2D eigenvalue weighted by Crippen LogP contribution is 2.23. The van der Waals surface area contributed by atoms with Crippen molar-refractivity contribution in [2.24, 2.45) is 5.92 Å². The molecule has 96 valence electrons. The van der Waals surface area contributed by atoms with Gasteiger partial charge in [-0.15, -0.1) is 0 Å². The summed E-state index contributed by atoms with van der Waals surface area (Å²) in [5, 5.41) is 22.5. The highest BCUT2D eigenvalue weighted by molar-refractivity contribution is 4.76. The summed E-state index contributed by atoms with van der Waals surface area (Å²) in [7, 11) is 0. The van der Waals surface area contributed by atoms with Crippen molar-refractivity contribution in [3.8, 4) is 0 Å². The lowest BCUT2D eigenvalue weighted by molar-refractivity contribution is 0.0373. The normalized spacial score (nSPS) is 27.9. The second-order valence-corrected chi connectivity index (χ2v) is 4.58. The second kappa shape index (κ2) is 8.01. The predicted octanol–water partition coefficient (Wildman–Crippen LogP) is 0.524. The molecule has 0 aromatic heterocycles. The molecule has 0 bridgehead atoms. The number of aliphatic hydroxyl groups is 2. The minimum Gasteiger partial charge on any atom is -0.393 e. The molecule has 16 heavy (non-hydrogen) atoms. The van der Waals surface area contributed by atoms with E-state index in [-0.39, 0.29) is 6.10 Å². The fraction of sp³-hybridized carbons (Fsp3) is 1.00. The zero-order valence-electron chi connectivity index (χ0n) is 10.2. The maximum absolute atomic E-state index is 9.75. The number of hydrogen-bond acceptors (Lipinski definition) is 4. The lowest BCUT2D eigenvalue weighted by atomic mass is 9.86. The number of hydrogen-bond donors (Lipinski definition) is 3. The fourth-order valence-corrected chi connectivity index (χ4v) is 2.17. The molecule has 0 heterocycles. The van der Waals surface area contributed by atoms with Crippen LogP contribution < -0.4 is 5.32 Å². The van der Waals surface area contributed by atoms with Gasteiger partial charge >= 0.3 is 0 Å². The van der Waals surface area contributed by atoms with Crippen molar-refractivity contribution in [3.63, 3.8) is 0 Å². The summed E-state index contributed by atoms with van der Waals surface area (Å²) in [6.07, 6.45) is 3.77. The molecule has 0 aliphatic heterocycles. The van der Waals surface area contributed by atoms with Crippen LogP contribution in [-0.4, -0.2) is 48.7 Å². The molecule has 1 fully saturated rings. The van der Waals surface area contributed by atoms with E-state index in [4.69, 9.17) is 4.74 Å². The Balaban J connectivity index is 2.05. The Hall–Kier alpha value is -0.160. The van der Waals surface area contributed by atoms with E-state index in [9.17, 15) is 10.2 Å². The van der Waals surface area contributed by atoms with Gasteiger partial charge in [-0.2, -0.15) is 0 Å². The van der Waals surface area contributed by atoms with Crippen LogP contribution in [0.25, 0.3) is 0 Å². The van der Waals surface area contributed by atoms with E-state index < -0.39 is 6.10 Å². The molecule has 0 radical (unpaired) electrons. The molecule has 0 aromatic carbocycles. The zero-order valence-corrected chi connectivity index (χ0v) is 10.2. The first-order valence-corrected chi connectivity index (χ1v) is 6.38. The summed E-state index contributed by atoms with van der Waals surface area (Å²) in [4.78, 5) is 0. The average Bonchev–Trinajstić information content (AvgIpc) is 2.29. The van der Waals surface area contributed by atoms with Gasteiger partial charge in [0.2, 0.25) is 0 Å². The molecule has 4 heteroatoms. The van der Waals surface area contributed by atoms with Crippen LogP contribution in [0.2, 0.25) is 0 Å². The van der Waals surface area contributed by atoms with E-state index in [0.717, 1.165) is 25.8 Å². The van der Waals surface area contributed by atoms with Gasteiger partial charge in [-0.3, -0.25) is 0 Å². The van der Waals surface area contributed by atoms with Crippen LogP contribution in [0.4, 0.5) is 0 Å². The van der Waals surface area contributed by atoms with Gasteiger partial charge in [0.05, 0.1) is 18.8 Å². The summed E-state index contributed by atoms with van der Waals surface area (Å²) in [5.74, 6) is 0.355. The SMILES string of the molecule is CCOCC(O)CNCC1CCCCC1O. The molecule has 0 saturated heterocycles. The Morgan fingerprint density at radius 3 is 2.81 bits per heavy atom. The number of nitrogens with one attached hydrogen (secondary N) is 1. The largest absolute Gasteiger partial charge is 0.393 e. The van der Waals surface area contributed by atoms with Gasteiger partial charge in [-0.05, 0) is 25.7 Å². The van der Waals surface area contributed by atoms with E-state index in [2.05, 4.69) is 5.32 Å². The topological polar surface area (TPSA) is 61.7 Å². The Labute approximate surface area is 98.0 Å². The molecule has 1 aliphatic rings. The number of rotatable bonds is 7. The van der Waals surface area contributed by atoms with E-state index in [1.807, 2.05) is 6.92 Å². The van der Waals surface area contributed by atoms with Crippen LogP contribution >= 0.6 is 0 Å². The smallest absolute Gasteiger partial charge is 0.0897 e. The standard InChI is InChI=1S/C12H25NO3/c1-2-16-9-11(14)8-13-7-10-5-3-4-6-12(10)15/h10-15H,2-9H2,1H3. The monoisotopic (exact) mass is 231 g/mol. The van der Waals surface area contributed by atoms with Crippen molar-refractivity contribution in [2.75, 3.05) is 26.3 Å². The quantitative estimate of drug-likeness (QED) is 0.598. The van der Waals surface area contributed by atoms with Crippen molar-refractivity contribution < 1.29 is 14.9 Å². The molecular formula is C12H25NO3. The molecular weight excluding hydrogens is 206 g/mol. The molecule has 3 unspecified atom stereocenters. The predicted molar refractivity (Wildman–Crippen MR) is 63.3 cm³/mol. The summed E-state index contributed by atoms with van der Waals surface area (Å²) in [6, 6.07) is 0. The van der Waals surface area contributed by atoms with Gasteiger partial charge in [0.15, 0.2) is 0 Å². The minimum absolute atomic E-state index is 0.162. The number of aliphatic hydroxyl groups excluding tert-OH is 2. The zero-order chi connectivity index (χ0) is 11.8. The molecule has 4 nitrogen and oxygen atoms in total. The van der Waals surface area contributed by atoms with Gasteiger partial charge in [0, 0.05) is 19.7 Å². The van der Waals surface area contributed by atoms with Crippen LogP contribution in [-0.2, 0) is 4.74 Å². The third kappa shape index (κ3) is 5.25. The summed E-state index contributed by atoms with van der Waals surface area (Å²) < 4.78 is 5.12. The van der Waals surface area contributed by atoms with Crippen LogP contribution in [0.1, 0.15) is 32.6 Å². The van der Waals surface area contributed by atoms with E-state index in [1.54, 1.807) is 0 Å². The first-order chi connectivity index (χ1) is 7.74. The van der Waals surface area contributed by atoms with Crippen LogP contribution in [0.15, 0.2) is 0 Å². The van der Waals surface area contributed by atoms with Crippen molar-refractivity contribution in [1.82, 2.24) is 5.32 Å². The maximum Gasteiger partial charge on any atom is 0.0897 e. The average molecular weight is 231 g/mol. The maximum atomic E-state index is 9.75. The van der Waals surface area contributed by atoms with E-state index in [1.165, 1.54) is 6.42 Å². The Morgan fingerprint density at radius 1 is 1.38 bits per heavy atom. The first-order valence-electron chi connectivity index (χ1n) is 6.38. The molecule has 0 spiro atoms. The molecule has 0 amide bonds. The third-order valence-electron chi connectivity index (χ3n) is 3.17. The van der Waals surface area contributed by atoms with Crippen LogP contribution in [0.5, 0.6) is 0 Å². The van der Waals surface area contributed by atoms with Crippen molar-refractivity contribution in [2.45, 2.75) is 44.8 Å². The Morgan fingerprint density at radius 2 is 2.12 bits per heavy atom. The first kappa shape index (κ1) is 13.9. The van der Waals surface area contributed by atoms with E-state index >= 15 is 0 Å². The van der Waals surface area contributed by atoms with Gasteiger partial charge in [0.1, 0.15) is 0 Å². The molecule has 3 atom stereocenters. The molecule has 0 aromatic rings. The van der Waals surface area contributed by atoms with Crippen molar-refractivity contribution in [3.05, 3.63) is 0 Å². The molecule has 1 saturated carbocycles. The third-order valence-corrected chi connectivity index (χ3v) is 3.17. The lowest BCUT2D eigenvalue weighted by Gasteiger charge is -2.28. The summed E-state index contributed by atoms with van der Waals surface area (Å²) in [6.45, 7) is 4.28. The minimum atomic E-state index is -0.444. The highest BCUT2D eigenvalue weighted by Gasteiger charge is 2.22. The van der Waals surface area contributed by atoms with E-state index in [0.29, 0.717) is 25.7 Å². The summed E-state index contributed by atoms with van der Waals surface area (Å²) >= 11 is 0. The molecule has 1 aliphatic carbocycles.